The van der Waals surface area contributed by atoms with E-state index in [-0.39, 0.29) is 22.7 Å². The molecule has 2 amide bonds. The van der Waals surface area contributed by atoms with Gasteiger partial charge in [0.05, 0.1) is 4.58 Å². The van der Waals surface area contributed by atoms with Crippen LogP contribution in [0.3, 0.4) is 0 Å². The maximum atomic E-state index is 13.9. The van der Waals surface area contributed by atoms with Crippen molar-refractivity contribution in [3.8, 4) is 0 Å². The first-order chi connectivity index (χ1) is 12.0. The van der Waals surface area contributed by atoms with Crippen molar-refractivity contribution in [2.75, 3.05) is 16.8 Å². The largest absolute Gasteiger partial charge is 0.366 e. The van der Waals surface area contributed by atoms with Crippen molar-refractivity contribution < 1.29 is 14.0 Å². The van der Waals surface area contributed by atoms with E-state index in [2.05, 4.69) is 5.32 Å². The van der Waals surface area contributed by atoms with Crippen LogP contribution in [0.2, 0.25) is 0 Å². The second kappa shape index (κ2) is 7.49. The second-order valence-corrected chi connectivity index (χ2v) is 8.37. The number of amides is 2. The van der Waals surface area contributed by atoms with E-state index in [0.29, 0.717) is 10.1 Å². The Hall–Kier alpha value is -1.99. The number of benzene rings is 2. The van der Waals surface area contributed by atoms with E-state index < -0.39 is 11.7 Å². The predicted octanol–water partition coefficient (Wildman–Crippen LogP) is 3.96. The summed E-state index contributed by atoms with van der Waals surface area (Å²) >= 11 is 3.79. The van der Waals surface area contributed by atoms with Gasteiger partial charge in [0.15, 0.2) is 0 Å². The first-order valence-electron chi connectivity index (χ1n) is 7.70. The molecular formula is C18H17FN2O2S2. The van der Waals surface area contributed by atoms with Crippen molar-refractivity contribution in [1.29, 1.82) is 0 Å². The summed E-state index contributed by atoms with van der Waals surface area (Å²) in [4.78, 5) is 23.7. The molecule has 0 aliphatic carbocycles. The van der Waals surface area contributed by atoms with Crippen LogP contribution >= 0.6 is 23.5 Å². The van der Waals surface area contributed by atoms with Crippen LogP contribution < -0.4 is 11.1 Å². The van der Waals surface area contributed by atoms with E-state index in [1.807, 2.05) is 35.7 Å². The maximum absolute atomic E-state index is 13.9. The topological polar surface area (TPSA) is 72.2 Å². The summed E-state index contributed by atoms with van der Waals surface area (Å²) < 4.78 is 14.3. The van der Waals surface area contributed by atoms with Gasteiger partial charge in [0, 0.05) is 33.9 Å². The molecule has 1 aliphatic rings. The van der Waals surface area contributed by atoms with Gasteiger partial charge < -0.3 is 11.1 Å². The van der Waals surface area contributed by atoms with Gasteiger partial charge >= 0.3 is 0 Å². The molecule has 3 rings (SSSR count). The molecule has 0 radical (unpaired) electrons. The molecule has 0 aromatic heterocycles. The smallest absolute Gasteiger partial charge is 0.255 e. The fourth-order valence-electron chi connectivity index (χ4n) is 2.49. The molecule has 1 heterocycles. The summed E-state index contributed by atoms with van der Waals surface area (Å²) in [5.74, 6) is 0.585. The Balaban J connectivity index is 1.79. The van der Waals surface area contributed by atoms with E-state index in [0.717, 1.165) is 17.6 Å². The fraction of sp³-hybridized carbons (Fsp3) is 0.222. The Bertz CT molecular complexity index is 819. The molecule has 1 saturated heterocycles. The highest BCUT2D eigenvalue weighted by molar-refractivity contribution is 8.19. The third-order valence-corrected chi connectivity index (χ3v) is 7.05. The number of nitrogens with one attached hydrogen (secondary N) is 1. The zero-order valence-corrected chi connectivity index (χ0v) is 15.2. The number of anilines is 1. The summed E-state index contributed by atoms with van der Waals surface area (Å²) in [6.45, 7) is 1.54. The minimum atomic E-state index is -0.745. The Morgan fingerprint density at radius 2 is 1.76 bits per heavy atom. The molecule has 3 N–H and O–H groups in total. The lowest BCUT2D eigenvalue weighted by molar-refractivity contribution is 0.0995. The molecular weight excluding hydrogens is 359 g/mol. The highest BCUT2D eigenvalue weighted by Gasteiger charge is 2.19. The molecule has 0 spiro atoms. The number of primary amides is 1. The molecule has 2 aromatic rings. The number of halogens is 1. The number of carbonyl (C=O) groups is 2. The molecule has 0 unspecified atom stereocenters. The van der Waals surface area contributed by atoms with Crippen LogP contribution in [0.1, 0.15) is 36.4 Å². The first kappa shape index (κ1) is 17.8. The number of hydrogen-bond acceptors (Lipinski definition) is 4. The number of carbonyl (C=O) groups excluding carboxylic acids is 2. The highest BCUT2D eigenvalue weighted by atomic mass is 32.2. The Kier molecular flexibility index (Phi) is 5.34. The van der Waals surface area contributed by atoms with Gasteiger partial charge in [0.2, 0.25) is 5.91 Å². The average molecular weight is 376 g/mol. The van der Waals surface area contributed by atoms with Crippen LogP contribution in [0.15, 0.2) is 36.4 Å². The second-order valence-electron chi connectivity index (χ2n) is 5.64. The van der Waals surface area contributed by atoms with Crippen molar-refractivity contribution in [3.05, 3.63) is 64.5 Å². The summed E-state index contributed by atoms with van der Waals surface area (Å²) in [5.41, 5.74) is 7.37. The lowest BCUT2D eigenvalue weighted by Crippen LogP contribution is -2.16. The van der Waals surface area contributed by atoms with Crippen LogP contribution in [0.25, 0.3) is 0 Å². The maximum Gasteiger partial charge on any atom is 0.255 e. The molecule has 4 nitrogen and oxygen atoms in total. The lowest BCUT2D eigenvalue weighted by atomic mass is 10.1. The first-order valence-corrected chi connectivity index (χ1v) is 9.80. The lowest BCUT2D eigenvalue weighted by Gasteiger charge is -2.12. The van der Waals surface area contributed by atoms with Crippen LogP contribution in [0.4, 0.5) is 10.1 Å². The highest BCUT2D eigenvalue weighted by Crippen LogP contribution is 2.45. The average Bonchev–Trinajstić information content (AvgIpc) is 3.13. The zero-order chi connectivity index (χ0) is 18.0. The molecule has 0 bridgehead atoms. The quantitative estimate of drug-likeness (QED) is 0.847. The van der Waals surface area contributed by atoms with Crippen molar-refractivity contribution in [1.82, 2.24) is 0 Å². The predicted molar refractivity (Wildman–Crippen MR) is 102 cm³/mol. The summed E-state index contributed by atoms with van der Waals surface area (Å²) in [6.07, 6.45) is 0. The minimum absolute atomic E-state index is 0.0176. The van der Waals surface area contributed by atoms with Crippen LogP contribution in [-0.4, -0.2) is 23.3 Å². The summed E-state index contributed by atoms with van der Waals surface area (Å²) in [5, 5.41) is 2.65. The molecule has 25 heavy (non-hydrogen) atoms. The van der Waals surface area contributed by atoms with Gasteiger partial charge in [-0.15, -0.1) is 23.5 Å². The SMILES string of the molecule is Cc1c(F)cc(C(N)=O)cc1NC(=O)c1ccc(C2SCCS2)cc1. The van der Waals surface area contributed by atoms with Crippen molar-refractivity contribution in [2.24, 2.45) is 5.73 Å². The third kappa shape index (κ3) is 3.99. The molecule has 0 saturated carbocycles. The zero-order valence-electron chi connectivity index (χ0n) is 13.5. The Morgan fingerprint density at radius 3 is 2.36 bits per heavy atom. The van der Waals surface area contributed by atoms with E-state index in [1.165, 1.54) is 18.6 Å². The van der Waals surface area contributed by atoms with Gasteiger partial charge in [-0.2, -0.15) is 0 Å². The van der Waals surface area contributed by atoms with Crippen molar-refractivity contribution in [3.63, 3.8) is 0 Å². The van der Waals surface area contributed by atoms with Crippen LogP contribution in [-0.2, 0) is 0 Å². The van der Waals surface area contributed by atoms with Crippen molar-refractivity contribution >= 4 is 41.0 Å². The summed E-state index contributed by atoms with van der Waals surface area (Å²) in [7, 11) is 0. The van der Waals surface area contributed by atoms with Crippen molar-refractivity contribution in [2.45, 2.75) is 11.5 Å². The van der Waals surface area contributed by atoms with Gasteiger partial charge in [-0.25, -0.2) is 4.39 Å². The van der Waals surface area contributed by atoms with Crippen LogP contribution in [0, 0.1) is 12.7 Å². The molecule has 2 aromatic carbocycles. The molecule has 7 heteroatoms. The minimum Gasteiger partial charge on any atom is -0.366 e. The van der Waals surface area contributed by atoms with Gasteiger partial charge in [-0.05, 0) is 36.8 Å². The van der Waals surface area contributed by atoms with Gasteiger partial charge in [-0.3, -0.25) is 9.59 Å². The van der Waals surface area contributed by atoms with Gasteiger partial charge in [-0.1, -0.05) is 12.1 Å². The van der Waals surface area contributed by atoms with E-state index >= 15 is 0 Å². The monoisotopic (exact) mass is 376 g/mol. The van der Waals surface area contributed by atoms with E-state index in [1.54, 1.807) is 12.1 Å². The normalized spacial score (nSPS) is 14.5. The molecule has 130 valence electrons. The fourth-order valence-corrected chi connectivity index (χ4v) is 5.35. The van der Waals surface area contributed by atoms with E-state index in [4.69, 9.17) is 5.73 Å². The number of thioether (sulfide) groups is 2. The Labute approximate surface area is 153 Å². The summed E-state index contributed by atoms with van der Waals surface area (Å²) in [6, 6.07) is 9.86. The Morgan fingerprint density at radius 1 is 1.12 bits per heavy atom. The third-order valence-electron chi connectivity index (χ3n) is 3.94. The molecule has 1 aliphatic heterocycles. The van der Waals surface area contributed by atoms with Gasteiger partial charge in [0.25, 0.3) is 5.91 Å². The van der Waals surface area contributed by atoms with E-state index in [9.17, 15) is 14.0 Å². The molecule has 0 atom stereocenters. The number of nitrogens with two attached hydrogens (primary N) is 1. The molecule has 1 fully saturated rings. The number of rotatable bonds is 4. The van der Waals surface area contributed by atoms with Crippen LogP contribution in [0.5, 0.6) is 0 Å². The van der Waals surface area contributed by atoms with Gasteiger partial charge in [0.1, 0.15) is 5.82 Å². The number of hydrogen-bond donors (Lipinski definition) is 2. The standard InChI is InChI=1S/C18H17FN2O2S2/c1-10-14(19)8-13(16(20)22)9-15(10)21-17(23)11-2-4-12(5-3-11)18-24-6-7-25-18/h2-5,8-9,18H,6-7H2,1H3,(H2,20,22)(H,21,23).